The maximum atomic E-state index is 12.4. The summed E-state index contributed by atoms with van der Waals surface area (Å²) < 4.78 is 106. The van der Waals surface area contributed by atoms with Crippen LogP contribution in [-0.2, 0) is 36.8 Å². The molecular formula is C37H35N9O11S3. The van der Waals surface area contributed by atoms with E-state index < -0.39 is 41.0 Å². The summed E-state index contributed by atoms with van der Waals surface area (Å²) in [5.41, 5.74) is 2.58. The van der Waals surface area contributed by atoms with Crippen LogP contribution in [0.1, 0.15) is 49.3 Å². The normalized spacial score (nSPS) is 14.1. The monoisotopic (exact) mass is 877 g/mol. The van der Waals surface area contributed by atoms with Gasteiger partial charge in [0, 0.05) is 11.6 Å². The molecule has 1 aliphatic carbocycles. The summed E-state index contributed by atoms with van der Waals surface area (Å²) in [6, 6.07) is 15.6. The van der Waals surface area contributed by atoms with E-state index >= 15 is 0 Å². The van der Waals surface area contributed by atoms with E-state index in [-0.39, 0.29) is 82.1 Å². The molecule has 3 aromatic carbocycles. The van der Waals surface area contributed by atoms with Crippen LogP contribution in [0.25, 0.3) is 16.7 Å². The van der Waals surface area contributed by atoms with Crippen molar-refractivity contribution in [1.29, 1.82) is 5.26 Å². The second-order valence-corrected chi connectivity index (χ2v) is 17.7. The fraction of sp³-hybridized carbons (Fsp3) is 0.243. The van der Waals surface area contributed by atoms with Gasteiger partial charge in [0.05, 0.1) is 45.4 Å². The fourth-order valence-electron chi connectivity index (χ4n) is 6.10. The summed E-state index contributed by atoms with van der Waals surface area (Å²) in [5, 5.41) is 46.8. The molecule has 60 heavy (non-hydrogen) atoms. The van der Waals surface area contributed by atoms with E-state index in [2.05, 4.69) is 41.7 Å². The number of pyridine rings is 1. The molecule has 5 aromatic rings. The summed E-state index contributed by atoms with van der Waals surface area (Å²) in [7, 11) is -13.6. The summed E-state index contributed by atoms with van der Waals surface area (Å²) in [6.07, 6.45) is 3.42. The maximum Gasteiger partial charge on any atom is 0.296 e. The van der Waals surface area contributed by atoms with Crippen molar-refractivity contribution in [2.24, 2.45) is 30.7 Å². The highest BCUT2D eigenvalue weighted by Crippen LogP contribution is 2.42. The summed E-state index contributed by atoms with van der Waals surface area (Å²) in [5.74, 6) is -0.923. The van der Waals surface area contributed by atoms with Crippen LogP contribution in [0, 0.1) is 18.3 Å². The number of aromatic hydroxyl groups is 1. The van der Waals surface area contributed by atoms with Crippen LogP contribution in [0.5, 0.6) is 11.6 Å². The van der Waals surface area contributed by atoms with Gasteiger partial charge in [-0.3, -0.25) is 18.1 Å². The predicted octanol–water partition coefficient (Wildman–Crippen LogP) is 8.59. The third kappa shape index (κ3) is 9.93. The molecule has 0 unspecified atom stereocenters. The van der Waals surface area contributed by atoms with Crippen LogP contribution in [0.3, 0.4) is 0 Å². The molecule has 0 fully saturated rings. The van der Waals surface area contributed by atoms with E-state index in [1.165, 1.54) is 40.8 Å². The van der Waals surface area contributed by atoms with Gasteiger partial charge in [-0.2, -0.15) is 45.9 Å². The van der Waals surface area contributed by atoms with Crippen LogP contribution in [0.15, 0.2) is 113 Å². The first kappa shape index (κ1) is 43.3. The molecule has 23 heteroatoms. The molecule has 0 atom stereocenters. The first-order valence-electron chi connectivity index (χ1n) is 17.9. The van der Waals surface area contributed by atoms with Gasteiger partial charge in [-0.15, -0.1) is 15.3 Å². The molecule has 0 saturated carbocycles. The molecule has 0 bridgehead atoms. The quantitative estimate of drug-likeness (QED) is 0.0435. The SMILES string of the molecule is CCCc1c(N=Nc2cc(C)c(N=Nc3ccc(N=NC4=CC=C(S(=O)(=O)O)CC4)cc3S(=O)(=O)O)cc2OCCCS(=O)(=O)O)c(O)n2c(nc3ccccc32)c1C#N. The lowest BCUT2D eigenvalue weighted by Gasteiger charge is -2.13. The number of ether oxygens (including phenoxy) is 1. The van der Waals surface area contributed by atoms with Gasteiger partial charge < -0.3 is 9.84 Å². The molecule has 0 aliphatic heterocycles. The number of hydrogen-bond acceptors (Lipinski definition) is 16. The molecule has 20 nitrogen and oxygen atoms in total. The predicted molar refractivity (Wildman–Crippen MR) is 217 cm³/mol. The van der Waals surface area contributed by atoms with E-state index in [9.17, 15) is 49.3 Å². The largest absolute Gasteiger partial charge is 0.493 e. The number of allylic oxidation sites excluding steroid dienone is 4. The lowest BCUT2D eigenvalue weighted by Crippen LogP contribution is -2.08. The van der Waals surface area contributed by atoms with Gasteiger partial charge in [0.25, 0.3) is 30.4 Å². The van der Waals surface area contributed by atoms with Gasteiger partial charge in [0.15, 0.2) is 11.3 Å². The number of azo groups is 3. The fourth-order valence-corrected chi connectivity index (χ4v) is 7.82. The number of hydrogen-bond donors (Lipinski definition) is 4. The highest BCUT2D eigenvalue weighted by atomic mass is 32.2. The van der Waals surface area contributed by atoms with Crippen molar-refractivity contribution >= 4 is 75.5 Å². The number of imidazole rings is 1. The Morgan fingerprint density at radius 1 is 0.850 bits per heavy atom. The summed E-state index contributed by atoms with van der Waals surface area (Å²) in [6.45, 7) is 3.28. The lowest BCUT2D eigenvalue weighted by atomic mass is 10.0. The zero-order valence-corrected chi connectivity index (χ0v) is 34.1. The van der Waals surface area contributed by atoms with Gasteiger partial charge in [0.1, 0.15) is 33.7 Å². The minimum atomic E-state index is -4.89. The summed E-state index contributed by atoms with van der Waals surface area (Å²) >= 11 is 0. The Labute approximate surface area is 343 Å². The van der Waals surface area contributed by atoms with E-state index in [4.69, 9.17) is 4.74 Å². The molecule has 2 aromatic heterocycles. The molecule has 0 saturated heterocycles. The van der Waals surface area contributed by atoms with Crippen molar-refractivity contribution in [2.75, 3.05) is 12.4 Å². The highest BCUT2D eigenvalue weighted by molar-refractivity contribution is 7.89. The van der Waals surface area contributed by atoms with Gasteiger partial charge in [-0.25, -0.2) is 4.98 Å². The van der Waals surface area contributed by atoms with Crippen molar-refractivity contribution in [3.8, 4) is 17.7 Å². The van der Waals surface area contributed by atoms with Gasteiger partial charge in [-0.05, 0) is 86.7 Å². The molecule has 1 aliphatic rings. The van der Waals surface area contributed by atoms with Crippen LogP contribution in [0.2, 0.25) is 0 Å². The Morgan fingerprint density at radius 2 is 1.58 bits per heavy atom. The van der Waals surface area contributed by atoms with Gasteiger partial charge >= 0.3 is 0 Å². The molecule has 0 radical (unpaired) electrons. The van der Waals surface area contributed by atoms with Crippen LogP contribution in [-0.4, -0.2) is 65.8 Å². The Hall–Kier alpha value is -6.29. The minimum absolute atomic E-state index is 0.00108. The zero-order chi connectivity index (χ0) is 43.4. The van der Waals surface area contributed by atoms with Crippen LogP contribution < -0.4 is 4.74 Å². The van der Waals surface area contributed by atoms with E-state index in [1.54, 1.807) is 31.2 Å². The number of aromatic nitrogens is 2. The molecule has 4 N–H and O–H groups in total. The van der Waals surface area contributed by atoms with Crippen molar-refractivity contribution in [2.45, 2.75) is 50.8 Å². The van der Waals surface area contributed by atoms with Crippen molar-refractivity contribution < 1.29 is 48.8 Å². The maximum absolute atomic E-state index is 12.4. The van der Waals surface area contributed by atoms with Crippen molar-refractivity contribution in [1.82, 2.24) is 9.38 Å². The van der Waals surface area contributed by atoms with Crippen molar-refractivity contribution in [3.05, 3.63) is 94.0 Å². The number of benzene rings is 3. The Kier molecular flexibility index (Phi) is 12.6. The summed E-state index contributed by atoms with van der Waals surface area (Å²) in [4.78, 5) is 3.71. The average molecular weight is 878 g/mol. The Bertz CT molecular complexity index is 3080. The second kappa shape index (κ2) is 17.5. The Morgan fingerprint density at radius 3 is 2.25 bits per heavy atom. The first-order valence-corrected chi connectivity index (χ1v) is 22.4. The van der Waals surface area contributed by atoms with Crippen LogP contribution in [0.4, 0.5) is 28.4 Å². The minimum Gasteiger partial charge on any atom is -0.493 e. The average Bonchev–Trinajstić information content (AvgIpc) is 3.58. The number of para-hydroxylation sites is 2. The van der Waals surface area contributed by atoms with E-state index in [1.807, 2.05) is 6.92 Å². The Balaban J connectivity index is 1.37. The van der Waals surface area contributed by atoms with Gasteiger partial charge in [-0.1, -0.05) is 25.5 Å². The molecule has 312 valence electrons. The number of rotatable bonds is 15. The third-order valence-electron chi connectivity index (χ3n) is 8.95. The highest BCUT2D eigenvalue weighted by Gasteiger charge is 2.24. The molecule has 2 heterocycles. The number of aryl methyl sites for hydroxylation is 1. The van der Waals surface area contributed by atoms with Crippen LogP contribution >= 0.6 is 0 Å². The third-order valence-corrected chi connectivity index (χ3v) is 11.6. The number of nitrogens with zero attached hydrogens (tertiary/aromatic N) is 9. The molecular weight excluding hydrogens is 843 g/mol. The van der Waals surface area contributed by atoms with Gasteiger partial charge in [0.2, 0.25) is 5.88 Å². The first-order chi connectivity index (χ1) is 28.4. The second-order valence-electron chi connectivity index (χ2n) is 13.2. The van der Waals surface area contributed by atoms with Crippen molar-refractivity contribution in [3.63, 3.8) is 0 Å². The van der Waals surface area contributed by atoms with E-state index in [0.717, 1.165) is 6.07 Å². The molecule has 0 amide bonds. The smallest absolute Gasteiger partial charge is 0.296 e. The number of nitriles is 1. The molecule has 0 spiro atoms. The zero-order valence-electron chi connectivity index (χ0n) is 31.7. The molecule has 6 rings (SSSR count). The standard InChI is InChI=1S/C37H35N9O11S3/c1-3-7-26-27(21-38)36-39-28-8-4-5-9-32(28)46(36)37(47)35(26)45-44-31-18-22(2)30(20-33(31)57-16-6-17-58(48,49)50)43-42-29-15-12-24(19-34(29)60(54,55)56)41-40-23-10-13-25(14-11-23)59(51,52)53/h4-5,8-10,12-13,15,18-20,47H,3,6-7,11,14,16-17H2,1-2H3,(H,48,49,50)(H,51,52,53)(H,54,55,56). The topological polar surface area (TPSA) is 308 Å². The van der Waals surface area contributed by atoms with E-state index in [0.29, 0.717) is 40.7 Å². The lowest BCUT2D eigenvalue weighted by molar-refractivity contribution is 0.317. The number of fused-ring (bicyclic) bond motifs is 3.